The van der Waals surface area contributed by atoms with Crippen molar-refractivity contribution in [3.8, 4) is 17.1 Å². The first-order valence-electron chi connectivity index (χ1n) is 13.4. The van der Waals surface area contributed by atoms with E-state index >= 15 is 0 Å². The summed E-state index contributed by atoms with van der Waals surface area (Å²) in [5, 5.41) is 11.3. The summed E-state index contributed by atoms with van der Waals surface area (Å²) < 4.78 is 19.3. The normalized spacial score (nSPS) is 15.0. The van der Waals surface area contributed by atoms with Gasteiger partial charge in [-0.15, -0.1) is 0 Å². The van der Waals surface area contributed by atoms with Crippen LogP contribution in [-0.2, 0) is 9.53 Å². The molecule has 2 aromatic heterocycles. The van der Waals surface area contributed by atoms with Gasteiger partial charge in [0.25, 0.3) is 11.2 Å². The number of esters is 1. The Hall–Kier alpha value is -4.77. The van der Waals surface area contributed by atoms with Gasteiger partial charge in [0, 0.05) is 29.3 Å². The lowest BCUT2D eigenvalue weighted by Crippen LogP contribution is -2.40. The monoisotopic (exact) mass is 587 g/mol. The van der Waals surface area contributed by atoms with Crippen molar-refractivity contribution in [3.05, 3.63) is 113 Å². The molecule has 1 atom stereocenters. The fourth-order valence-corrected chi connectivity index (χ4v) is 5.87. The first-order valence-corrected chi connectivity index (χ1v) is 14.2. The quantitative estimate of drug-likeness (QED) is 0.160. The van der Waals surface area contributed by atoms with E-state index in [1.54, 1.807) is 38.1 Å². The van der Waals surface area contributed by atoms with Crippen molar-refractivity contribution in [3.63, 3.8) is 0 Å². The van der Waals surface area contributed by atoms with Gasteiger partial charge in [0.15, 0.2) is 4.80 Å². The number of aromatic nitrogens is 1. The molecule has 11 heteroatoms. The zero-order valence-electron chi connectivity index (χ0n) is 23.7. The van der Waals surface area contributed by atoms with E-state index in [4.69, 9.17) is 13.9 Å². The summed E-state index contributed by atoms with van der Waals surface area (Å²) in [6.07, 6.45) is 1.47. The van der Waals surface area contributed by atoms with Gasteiger partial charge in [-0.1, -0.05) is 35.6 Å². The average Bonchev–Trinajstić information content (AvgIpc) is 3.52. The van der Waals surface area contributed by atoms with Gasteiger partial charge >= 0.3 is 5.97 Å². The molecule has 3 heterocycles. The Morgan fingerprint density at radius 2 is 1.95 bits per heavy atom. The van der Waals surface area contributed by atoms with Crippen LogP contribution < -0.4 is 19.6 Å². The first kappa shape index (κ1) is 28.7. The Kier molecular flexibility index (Phi) is 7.95. The molecule has 0 saturated carbocycles. The standard InChI is InChI=1S/C31H29N3O7S/c1-6-39-30(36)27-19(5)32-31-33(28(27)22-9-7-8-10-24(22)40-17(2)3)29(35)26(42-31)16-21-13-14-25(41-21)23-15-20(34(37)38)12-11-18(23)4/h7-17,28H,6H2,1-5H3/b26-16+/t28-/m1/s1. The molecule has 42 heavy (non-hydrogen) atoms. The van der Waals surface area contributed by atoms with Gasteiger partial charge in [0.2, 0.25) is 0 Å². The number of benzene rings is 2. The maximum absolute atomic E-state index is 14.0. The van der Waals surface area contributed by atoms with E-state index in [1.165, 1.54) is 28.0 Å². The van der Waals surface area contributed by atoms with Gasteiger partial charge < -0.3 is 13.9 Å². The number of carbonyl (C=O) groups is 1. The van der Waals surface area contributed by atoms with Crippen molar-refractivity contribution in [1.29, 1.82) is 0 Å². The Bertz CT molecular complexity index is 1910. The largest absolute Gasteiger partial charge is 0.491 e. The highest BCUT2D eigenvalue weighted by molar-refractivity contribution is 7.07. The third-order valence-electron chi connectivity index (χ3n) is 6.69. The third kappa shape index (κ3) is 5.42. The number of nitro groups is 1. The second-order valence-electron chi connectivity index (χ2n) is 9.97. The van der Waals surface area contributed by atoms with Gasteiger partial charge in [0.05, 0.1) is 33.4 Å². The maximum atomic E-state index is 14.0. The number of fused-ring (bicyclic) bond motifs is 1. The van der Waals surface area contributed by atoms with Crippen LogP contribution in [-0.4, -0.2) is 28.2 Å². The average molecular weight is 588 g/mol. The van der Waals surface area contributed by atoms with Crippen molar-refractivity contribution in [2.45, 2.75) is 46.8 Å². The summed E-state index contributed by atoms with van der Waals surface area (Å²) in [5.74, 6) is 0.822. The molecule has 0 radical (unpaired) electrons. The smallest absolute Gasteiger partial charge is 0.338 e. The number of para-hydroxylation sites is 1. The minimum atomic E-state index is -0.822. The molecule has 1 aliphatic rings. The number of hydrogen-bond acceptors (Lipinski definition) is 9. The predicted molar refractivity (Wildman–Crippen MR) is 158 cm³/mol. The van der Waals surface area contributed by atoms with Crippen molar-refractivity contribution in [2.75, 3.05) is 6.61 Å². The van der Waals surface area contributed by atoms with Crippen LogP contribution in [0.5, 0.6) is 5.75 Å². The van der Waals surface area contributed by atoms with E-state index in [2.05, 4.69) is 4.99 Å². The summed E-state index contributed by atoms with van der Waals surface area (Å²) in [6, 6.07) is 14.5. The number of nitrogens with zero attached hydrogens (tertiary/aromatic N) is 3. The molecule has 2 aromatic carbocycles. The van der Waals surface area contributed by atoms with E-state index in [-0.39, 0.29) is 29.5 Å². The number of non-ortho nitro benzene ring substituents is 1. The van der Waals surface area contributed by atoms with Crippen LogP contribution in [0.2, 0.25) is 0 Å². The molecule has 4 aromatic rings. The number of thiazole rings is 1. The minimum Gasteiger partial charge on any atom is -0.491 e. The Morgan fingerprint density at radius 1 is 1.19 bits per heavy atom. The number of furan rings is 1. The van der Waals surface area contributed by atoms with Crippen molar-refractivity contribution in [2.24, 2.45) is 4.99 Å². The molecule has 1 aliphatic heterocycles. The summed E-state index contributed by atoms with van der Waals surface area (Å²) in [4.78, 5) is 43.1. The number of allylic oxidation sites excluding steroid dienone is 1. The highest BCUT2D eigenvalue weighted by Gasteiger charge is 2.35. The Balaban J connectivity index is 1.65. The third-order valence-corrected chi connectivity index (χ3v) is 7.67. The highest BCUT2D eigenvalue weighted by atomic mass is 32.1. The molecule has 0 bridgehead atoms. The molecule has 0 saturated heterocycles. The van der Waals surface area contributed by atoms with Crippen LogP contribution in [0.1, 0.15) is 50.6 Å². The van der Waals surface area contributed by atoms with Gasteiger partial charge in [-0.25, -0.2) is 9.79 Å². The number of ether oxygens (including phenoxy) is 2. The Morgan fingerprint density at radius 3 is 2.67 bits per heavy atom. The summed E-state index contributed by atoms with van der Waals surface area (Å²) >= 11 is 1.17. The van der Waals surface area contributed by atoms with Crippen LogP contribution in [0.3, 0.4) is 0 Å². The van der Waals surface area contributed by atoms with Gasteiger partial charge in [-0.3, -0.25) is 19.5 Å². The molecule has 0 amide bonds. The van der Waals surface area contributed by atoms with Crippen LogP contribution in [0.25, 0.3) is 17.4 Å². The zero-order valence-corrected chi connectivity index (χ0v) is 24.6. The molecule has 0 N–H and O–H groups in total. The topological polar surface area (TPSA) is 126 Å². The molecule has 0 unspecified atom stereocenters. The van der Waals surface area contributed by atoms with Gasteiger partial charge in [-0.2, -0.15) is 0 Å². The second kappa shape index (κ2) is 11.6. The fraction of sp³-hybridized carbons (Fsp3) is 0.258. The number of nitro benzene ring substituents is 1. The van der Waals surface area contributed by atoms with Gasteiger partial charge in [-0.05, 0) is 58.4 Å². The van der Waals surface area contributed by atoms with Crippen molar-refractivity contribution in [1.82, 2.24) is 4.57 Å². The summed E-state index contributed by atoms with van der Waals surface area (Å²) in [7, 11) is 0. The second-order valence-corrected chi connectivity index (χ2v) is 11.0. The predicted octanol–water partition coefficient (Wildman–Crippen LogP) is 5.06. The van der Waals surface area contributed by atoms with E-state index < -0.39 is 16.9 Å². The highest BCUT2D eigenvalue weighted by Crippen LogP contribution is 2.36. The van der Waals surface area contributed by atoms with E-state index in [1.807, 2.05) is 45.0 Å². The fourth-order valence-electron chi connectivity index (χ4n) is 4.85. The van der Waals surface area contributed by atoms with E-state index in [0.29, 0.717) is 43.4 Å². The van der Waals surface area contributed by atoms with E-state index in [0.717, 1.165) is 5.56 Å². The molecule has 0 fully saturated rings. The van der Waals surface area contributed by atoms with Crippen LogP contribution in [0, 0.1) is 17.0 Å². The number of carbonyl (C=O) groups excluding carboxylic acids is 1. The number of hydrogen-bond donors (Lipinski definition) is 0. The molecule has 0 spiro atoms. The Labute approximate surface area is 245 Å². The van der Waals surface area contributed by atoms with Crippen molar-refractivity contribution < 1.29 is 23.6 Å². The molecular weight excluding hydrogens is 558 g/mol. The lowest BCUT2D eigenvalue weighted by molar-refractivity contribution is -0.384. The summed E-state index contributed by atoms with van der Waals surface area (Å²) in [6.45, 7) is 9.26. The first-order chi connectivity index (χ1) is 20.1. The lowest BCUT2D eigenvalue weighted by Gasteiger charge is -2.26. The molecule has 10 nitrogen and oxygen atoms in total. The molecule has 0 aliphatic carbocycles. The molecular formula is C31H29N3O7S. The van der Waals surface area contributed by atoms with Crippen LogP contribution >= 0.6 is 11.3 Å². The maximum Gasteiger partial charge on any atom is 0.338 e. The van der Waals surface area contributed by atoms with E-state index in [9.17, 15) is 19.7 Å². The molecule has 5 rings (SSSR count). The number of rotatable bonds is 8. The number of aryl methyl sites for hydroxylation is 1. The SMILES string of the molecule is CCOC(=O)C1=C(C)N=c2s/c(=C/c3ccc(-c4cc([N+](=O)[O-])ccc4C)o3)c(=O)n2[C@@H]1c1ccccc1OC(C)C. The van der Waals surface area contributed by atoms with Crippen LogP contribution in [0.15, 0.2) is 80.1 Å². The lowest BCUT2D eigenvalue weighted by atomic mass is 9.95. The molecule has 216 valence electrons. The summed E-state index contributed by atoms with van der Waals surface area (Å²) in [5.41, 5.74) is 2.34. The van der Waals surface area contributed by atoms with Crippen LogP contribution in [0.4, 0.5) is 5.69 Å². The van der Waals surface area contributed by atoms with Crippen molar-refractivity contribution >= 4 is 29.1 Å². The minimum absolute atomic E-state index is 0.0450. The zero-order chi connectivity index (χ0) is 30.1. The van der Waals surface area contributed by atoms with Gasteiger partial charge in [0.1, 0.15) is 23.3 Å².